The van der Waals surface area contributed by atoms with Crippen LogP contribution in [0.25, 0.3) is 0 Å². The monoisotopic (exact) mass is 436 g/mol. The molecule has 2 aromatic carbocycles. The van der Waals surface area contributed by atoms with Gasteiger partial charge in [-0.15, -0.1) is 0 Å². The van der Waals surface area contributed by atoms with Gasteiger partial charge in [-0.3, -0.25) is 9.10 Å². The fraction of sp³-hybridized carbons (Fsp3) is 0.409. The lowest BCUT2D eigenvalue weighted by atomic mass is 10.1. The topological polar surface area (TPSA) is 66.5 Å². The molecule has 5 nitrogen and oxygen atoms in total. The number of halogens is 1. The number of hydrogen-bond acceptors (Lipinski definition) is 3. The largest absolute Gasteiger partial charge is 0.356 e. The van der Waals surface area contributed by atoms with Crippen LogP contribution in [0, 0.1) is 13.8 Å². The standard InChI is InChI=1S/C22H29ClN2O3S/c1-17-14-18(2)16-20(15-17)25(29(3,27)28)13-7-11-22(26)24-12-6-9-19-8-4-5-10-21(19)23/h4-5,8,10,14-16H,6-7,9,11-13H2,1-3H3,(H,24,26). The summed E-state index contributed by atoms with van der Waals surface area (Å²) in [5.74, 6) is -0.0713. The van der Waals surface area contributed by atoms with Crippen LogP contribution < -0.4 is 9.62 Å². The maximum atomic E-state index is 12.2. The lowest BCUT2D eigenvalue weighted by Crippen LogP contribution is -2.32. The predicted molar refractivity (Wildman–Crippen MR) is 120 cm³/mol. The number of sulfonamides is 1. The van der Waals surface area contributed by atoms with Gasteiger partial charge in [-0.25, -0.2) is 8.42 Å². The molecule has 0 aromatic heterocycles. The second-order valence-corrected chi connectivity index (χ2v) is 9.64. The molecule has 29 heavy (non-hydrogen) atoms. The van der Waals surface area contributed by atoms with Crippen LogP contribution in [0.3, 0.4) is 0 Å². The summed E-state index contributed by atoms with van der Waals surface area (Å²) in [6.45, 7) is 4.71. The Balaban J connectivity index is 1.80. The first-order valence-electron chi connectivity index (χ1n) is 9.73. The fourth-order valence-electron chi connectivity index (χ4n) is 3.26. The molecule has 0 atom stereocenters. The molecular weight excluding hydrogens is 408 g/mol. The van der Waals surface area contributed by atoms with E-state index in [0.717, 1.165) is 34.6 Å². The Morgan fingerprint density at radius 2 is 1.72 bits per heavy atom. The molecule has 1 amide bonds. The minimum absolute atomic E-state index is 0.0713. The molecule has 0 aliphatic heterocycles. The van der Waals surface area contributed by atoms with Crippen LogP contribution in [0.4, 0.5) is 5.69 Å². The van der Waals surface area contributed by atoms with Crippen molar-refractivity contribution in [2.45, 2.75) is 39.5 Å². The van der Waals surface area contributed by atoms with Crippen LogP contribution >= 0.6 is 11.6 Å². The average molecular weight is 437 g/mol. The summed E-state index contributed by atoms with van der Waals surface area (Å²) in [4.78, 5) is 12.1. The van der Waals surface area contributed by atoms with E-state index in [1.165, 1.54) is 10.6 Å². The van der Waals surface area contributed by atoms with Gasteiger partial charge in [0.2, 0.25) is 15.9 Å². The van der Waals surface area contributed by atoms with Crippen molar-refractivity contribution in [3.8, 4) is 0 Å². The van der Waals surface area contributed by atoms with E-state index in [0.29, 0.717) is 18.7 Å². The highest BCUT2D eigenvalue weighted by atomic mass is 35.5. The maximum absolute atomic E-state index is 12.2. The highest BCUT2D eigenvalue weighted by Gasteiger charge is 2.18. The zero-order chi connectivity index (χ0) is 21.4. The molecule has 2 rings (SSSR count). The molecule has 0 heterocycles. The molecule has 7 heteroatoms. The van der Waals surface area contributed by atoms with E-state index in [9.17, 15) is 13.2 Å². The molecule has 0 fully saturated rings. The molecule has 0 saturated heterocycles. The SMILES string of the molecule is Cc1cc(C)cc(N(CCCC(=O)NCCCc2ccccc2Cl)S(C)(=O)=O)c1. The highest BCUT2D eigenvalue weighted by Crippen LogP contribution is 2.22. The molecule has 2 aromatic rings. The van der Waals surface area contributed by atoms with Crippen molar-refractivity contribution < 1.29 is 13.2 Å². The third kappa shape index (κ3) is 7.71. The Morgan fingerprint density at radius 3 is 2.34 bits per heavy atom. The van der Waals surface area contributed by atoms with Crippen LogP contribution in [0.1, 0.15) is 36.0 Å². The van der Waals surface area contributed by atoms with Crippen molar-refractivity contribution in [3.63, 3.8) is 0 Å². The number of nitrogens with zero attached hydrogens (tertiary/aromatic N) is 1. The minimum atomic E-state index is -3.42. The molecule has 0 saturated carbocycles. The van der Waals surface area contributed by atoms with Gasteiger partial charge in [-0.2, -0.15) is 0 Å². The number of aryl methyl sites for hydroxylation is 3. The van der Waals surface area contributed by atoms with E-state index in [1.54, 1.807) is 0 Å². The first kappa shape index (κ1) is 23.2. The summed E-state index contributed by atoms with van der Waals surface area (Å²) in [5.41, 5.74) is 3.72. The summed E-state index contributed by atoms with van der Waals surface area (Å²) < 4.78 is 25.8. The van der Waals surface area contributed by atoms with E-state index in [2.05, 4.69) is 5.32 Å². The molecule has 0 unspecified atom stereocenters. The van der Waals surface area contributed by atoms with Gasteiger partial charge in [0.25, 0.3) is 0 Å². The zero-order valence-electron chi connectivity index (χ0n) is 17.2. The number of rotatable bonds is 10. The quantitative estimate of drug-likeness (QED) is 0.566. The molecule has 0 radical (unpaired) electrons. The van der Waals surface area contributed by atoms with E-state index in [4.69, 9.17) is 11.6 Å². The molecule has 1 N–H and O–H groups in total. The minimum Gasteiger partial charge on any atom is -0.356 e. The fourth-order valence-corrected chi connectivity index (χ4v) is 4.44. The highest BCUT2D eigenvalue weighted by molar-refractivity contribution is 7.92. The van der Waals surface area contributed by atoms with Gasteiger partial charge in [0.1, 0.15) is 0 Å². The van der Waals surface area contributed by atoms with Gasteiger partial charge in [-0.05, 0) is 68.0 Å². The van der Waals surface area contributed by atoms with E-state index in [1.807, 2.05) is 56.3 Å². The smallest absolute Gasteiger partial charge is 0.232 e. The van der Waals surface area contributed by atoms with E-state index < -0.39 is 10.0 Å². The number of nitrogens with one attached hydrogen (secondary N) is 1. The number of carbonyl (C=O) groups is 1. The zero-order valence-corrected chi connectivity index (χ0v) is 18.8. The second-order valence-electron chi connectivity index (χ2n) is 7.33. The maximum Gasteiger partial charge on any atom is 0.232 e. The van der Waals surface area contributed by atoms with Crippen molar-refractivity contribution in [2.75, 3.05) is 23.7 Å². The number of benzene rings is 2. The number of hydrogen-bond donors (Lipinski definition) is 1. The predicted octanol–water partition coefficient (Wildman–Crippen LogP) is 4.25. The van der Waals surface area contributed by atoms with Crippen LogP contribution in [0.15, 0.2) is 42.5 Å². The van der Waals surface area contributed by atoms with E-state index in [-0.39, 0.29) is 18.9 Å². The van der Waals surface area contributed by atoms with Gasteiger partial charge in [-0.1, -0.05) is 35.9 Å². The first-order chi connectivity index (χ1) is 13.7. The van der Waals surface area contributed by atoms with Crippen molar-refractivity contribution in [2.24, 2.45) is 0 Å². The first-order valence-corrected chi connectivity index (χ1v) is 12.0. The third-order valence-corrected chi connectivity index (χ3v) is 6.13. The Bertz CT molecular complexity index is 925. The van der Waals surface area contributed by atoms with Crippen LogP contribution in [0.5, 0.6) is 0 Å². The van der Waals surface area contributed by atoms with Crippen molar-refractivity contribution >= 4 is 33.2 Å². The Kier molecular flexibility index (Phi) is 8.53. The third-order valence-electron chi connectivity index (χ3n) is 4.56. The van der Waals surface area contributed by atoms with Gasteiger partial charge >= 0.3 is 0 Å². The molecular formula is C22H29ClN2O3S. The van der Waals surface area contributed by atoms with Crippen LogP contribution in [-0.2, 0) is 21.2 Å². The van der Waals surface area contributed by atoms with Crippen molar-refractivity contribution in [1.82, 2.24) is 5.32 Å². The normalized spacial score (nSPS) is 11.3. The van der Waals surface area contributed by atoms with Gasteiger partial charge in [0, 0.05) is 24.5 Å². The van der Waals surface area contributed by atoms with Crippen molar-refractivity contribution in [1.29, 1.82) is 0 Å². The Hall–Kier alpha value is -2.05. The number of anilines is 1. The Morgan fingerprint density at radius 1 is 1.07 bits per heavy atom. The summed E-state index contributed by atoms with van der Waals surface area (Å²) in [6, 6.07) is 13.4. The van der Waals surface area contributed by atoms with Gasteiger partial charge in [0.05, 0.1) is 11.9 Å². The van der Waals surface area contributed by atoms with Gasteiger partial charge in [0.15, 0.2) is 0 Å². The van der Waals surface area contributed by atoms with Crippen LogP contribution in [-0.4, -0.2) is 33.7 Å². The molecule has 158 valence electrons. The molecule has 0 aliphatic carbocycles. The lowest BCUT2D eigenvalue weighted by Gasteiger charge is -2.23. The Labute approximate surface area is 179 Å². The number of carbonyl (C=O) groups excluding carboxylic acids is 1. The summed E-state index contributed by atoms with van der Waals surface area (Å²) in [5, 5.41) is 3.63. The summed E-state index contributed by atoms with van der Waals surface area (Å²) >= 11 is 6.13. The van der Waals surface area contributed by atoms with E-state index >= 15 is 0 Å². The average Bonchev–Trinajstić information content (AvgIpc) is 2.61. The van der Waals surface area contributed by atoms with Gasteiger partial charge < -0.3 is 5.32 Å². The molecule has 0 spiro atoms. The summed E-state index contributed by atoms with van der Waals surface area (Å²) in [6.07, 6.45) is 3.53. The summed E-state index contributed by atoms with van der Waals surface area (Å²) in [7, 11) is -3.42. The van der Waals surface area contributed by atoms with Crippen LogP contribution in [0.2, 0.25) is 5.02 Å². The second kappa shape index (κ2) is 10.6. The lowest BCUT2D eigenvalue weighted by molar-refractivity contribution is -0.121. The molecule has 0 aliphatic rings. The number of amides is 1. The molecule has 0 bridgehead atoms. The van der Waals surface area contributed by atoms with Crippen molar-refractivity contribution in [3.05, 3.63) is 64.2 Å².